The normalized spacial score (nSPS) is 10.8. The lowest BCUT2D eigenvalue weighted by atomic mass is 10.1. The first-order valence-corrected chi connectivity index (χ1v) is 7.50. The van der Waals surface area contributed by atoms with Gasteiger partial charge in [-0.15, -0.1) is 0 Å². The molecule has 0 aliphatic carbocycles. The fraction of sp³-hybridized carbons (Fsp3) is 0.562. The summed E-state index contributed by atoms with van der Waals surface area (Å²) in [5.74, 6) is 0.00356. The van der Waals surface area contributed by atoms with Gasteiger partial charge in [0, 0.05) is 12.1 Å². The highest BCUT2D eigenvalue weighted by Crippen LogP contribution is 2.04. The highest BCUT2D eigenvalue weighted by atomic mass is 16.1. The predicted octanol–water partition coefficient (Wildman–Crippen LogP) is 1.65. The van der Waals surface area contributed by atoms with Crippen LogP contribution in [0.2, 0.25) is 0 Å². The molecule has 0 fully saturated rings. The number of nitrogens with zero attached hydrogens (tertiary/aromatic N) is 1. The number of hydrogen-bond acceptors (Lipinski definition) is 3. The molecule has 0 radical (unpaired) electrons. The maximum Gasteiger partial charge on any atom is 0.251 e. The van der Waals surface area contributed by atoms with Crippen molar-refractivity contribution in [2.24, 2.45) is 5.73 Å². The minimum atomic E-state index is 0.00356. The van der Waals surface area contributed by atoms with Gasteiger partial charge in [-0.05, 0) is 56.7 Å². The van der Waals surface area contributed by atoms with E-state index in [2.05, 4.69) is 24.1 Å². The van der Waals surface area contributed by atoms with E-state index in [0.29, 0.717) is 12.1 Å². The van der Waals surface area contributed by atoms with Crippen molar-refractivity contribution < 1.29 is 4.79 Å². The molecule has 20 heavy (non-hydrogen) atoms. The lowest BCUT2D eigenvalue weighted by Crippen LogP contribution is -2.29. The first-order chi connectivity index (χ1) is 9.71. The third kappa shape index (κ3) is 5.72. The van der Waals surface area contributed by atoms with Crippen LogP contribution in [0, 0.1) is 0 Å². The topological polar surface area (TPSA) is 58.4 Å². The molecule has 3 N–H and O–H groups in total. The molecule has 0 spiro atoms. The number of rotatable bonds is 9. The van der Waals surface area contributed by atoms with Crippen LogP contribution in [0.4, 0.5) is 0 Å². The second-order valence-corrected chi connectivity index (χ2v) is 4.87. The molecule has 4 heteroatoms. The molecule has 112 valence electrons. The molecule has 1 rings (SSSR count). The van der Waals surface area contributed by atoms with Crippen molar-refractivity contribution in [1.29, 1.82) is 0 Å². The Morgan fingerprint density at radius 1 is 1.20 bits per heavy atom. The Morgan fingerprint density at radius 3 is 2.40 bits per heavy atom. The summed E-state index contributed by atoms with van der Waals surface area (Å²) in [6, 6.07) is 7.67. The van der Waals surface area contributed by atoms with Gasteiger partial charge in [0.1, 0.15) is 0 Å². The summed E-state index contributed by atoms with van der Waals surface area (Å²) in [5, 5.41) is 2.96. The quantitative estimate of drug-likeness (QED) is 0.675. The Balaban J connectivity index is 2.32. The van der Waals surface area contributed by atoms with Crippen molar-refractivity contribution in [3.63, 3.8) is 0 Å². The van der Waals surface area contributed by atoms with Gasteiger partial charge in [0.25, 0.3) is 5.91 Å². The Kier molecular flexibility index (Phi) is 7.92. The maximum absolute atomic E-state index is 11.9. The SMILES string of the molecule is CCN(CC)CCCNC(=O)c1ccc(CCN)cc1. The van der Waals surface area contributed by atoms with Crippen LogP contribution >= 0.6 is 0 Å². The fourth-order valence-electron chi connectivity index (χ4n) is 2.14. The molecule has 1 amide bonds. The number of carbonyl (C=O) groups excluding carboxylic acids is 1. The molecule has 1 aromatic carbocycles. The van der Waals surface area contributed by atoms with Crippen molar-refractivity contribution in [3.05, 3.63) is 35.4 Å². The van der Waals surface area contributed by atoms with Crippen molar-refractivity contribution in [3.8, 4) is 0 Å². The van der Waals surface area contributed by atoms with E-state index in [1.54, 1.807) is 0 Å². The van der Waals surface area contributed by atoms with Crippen LogP contribution in [0.3, 0.4) is 0 Å². The van der Waals surface area contributed by atoms with Crippen molar-refractivity contribution in [1.82, 2.24) is 10.2 Å². The molecular formula is C16H27N3O. The molecule has 0 bridgehead atoms. The van der Waals surface area contributed by atoms with E-state index in [4.69, 9.17) is 5.73 Å². The van der Waals surface area contributed by atoms with Gasteiger partial charge in [-0.3, -0.25) is 4.79 Å². The molecule has 0 heterocycles. The van der Waals surface area contributed by atoms with Crippen molar-refractivity contribution >= 4 is 5.91 Å². The number of amides is 1. The average molecular weight is 277 g/mol. The lowest BCUT2D eigenvalue weighted by molar-refractivity contribution is 0.0952. The first kappa shape index (κ1) is 16.7. The van der Waals surface area contributed by atoms with Crippen LogP contribution in [-0.4, -0.2) is 43.5 Å². The summed E-state index contributed by atoms with van der Waals surface area (Å²) in [6.45, 7) is 8.83. The highest BCUT2D eigenvalue weighted by molar-refractivity contribution is 5.94. The predicted molar refractivity (Wildman–Crippen MR) is 83.9 cm³/mol. The van der Waals surface area contributed by atoms with Crippen molar-refractivity contribution in [2.45, 2.75) is 26.7 Å². The van der Waals surface area contributed by atoms with E-state index in [1.165, 1.54) is 5.56 Å². The Morgan fingerprint density at radius 2 is 1.85 bits per heavy atom. The molecule has 0 atom stereocenters. The number of benzene rings is 1. The van der Waals surface area contributed by atoms with Gasteiger partial charge in [-0.2, -0.15) is 0 Å². The van der Waals surface area contributed by atoms with Crippen LogP contribution in [0.25, 0.3) is 0 Å². The summed E-state index contributed by atoms with van der Waals surface area (Å²) < 4.78 is 0. The third-order valence-electron chi connectivity index (χ3n) is 3.48. The largest absolute Gasteiger partial charge is 0.352 e. The zero-order valence-electron chi connectivity index (χ0n) is 12.7. The molecular weight excluding hydrogens is 250 g/mol. The standard InChI is InChI=1S/C16H27N3O/c1-3-19(4-2)13-5-12-18-16(20)15-8-6-14(7-9-15)10-11-17/h6-9H,3-5,10-13,17H2,1-2H3,(H,18,20). The molecule has 0 saturated carbocycles. The Bertz CT molecular complexity index is 385. The monoisotopic (exact) mass is 277 g/mol. The Labute approximate surface area is 122 Å². The molecule has 0 aliphatic heterocycles. The van der Waals surface area contributed by atoms with E-state index in [9.17, 15) is 4.79 Å². The maximum atomic E-state index is 11.9. The van der Waals surface area contributed by atoms with Gasteiger partial charge in [-0.1, -0.05) is 26.0 Å². The molecule has 0 aromatic heterocycles. The number of nitrogens with one attached hydrogen (secondary N) is 1. The van der Waals surface area contributed by atoms with Crippen LogP contribution in [-0.2, 0) is 6.42 Å². The smallest absolute Gasteiger partial charge is 0.251 e. The average Bonchev–Trinajstić information content (AvgIpc) is 2.48. The van der Waals surface area contributed by atoms with Gasteiger partial charge in [0.15, 0.2) is 0 Å². The van der Waals surface area contributed by atoms with Gasteiger partial charge >= 0.3 is 0 Å². The van der Waals surface area contributed by atoms with E-state index < -0.39 is 0 Å². The van der Waals surface area contributed by atoms with Crippen LogP contribution in [0.1, 0.15) is 36.2 Å². The molecule has 0 unspecified atom stereocenters. The Hall–Kier alpha value is -1.39. The minimum absolute atomic E-state index is 0.00356. The summed E-state index contributed by atoms with van der Waals surface area (Å²) in [5.41, 5.74) is 7.39. The summed E-state index contributed by atoms with van der Waals surface area (Å²) >= 11 is 0. The van der Waals surface area contributed by atoms with Gasteiger partial charge in [-0.25, -0.2) is 0 Å². The number of carbonyl (C=O) groups is 1. The van der Waals surface area contributed by atoms with Crippen molar-refractivity contribution in [2.75, 3.05) is 32.7 Å². The summed E-state index contributed by atoms with van der Waals surface area (Å²) in [7, 11) is 0. The third-order valence-corrected chi connectivity index (χ3v) is 3.48. The van der Waals surface area contributed by atoms with Crippen LogP contribution in [0.5, 0.6) is 0 Å². The highest BCUT2D eigenvalue weighted by Gasteiger charge is 2.05. The zero-order valence-corrected chi connectivity index (χ0v) is 12.7. The molecule has 0 aliphatic rings. The van der Waals surface area contributed by atoms with Gasteiger partial charge < -0.3 is 16.0 Å². The number of hydrogen-bond donors (Lipinski definition) is 2. The summed E-state index contributed by atoms with van der Waals surface area (Å²) in [6.07, 6.45) is 1.84. The molecule has 4 nitrogen and oxygen atoms in total. The van der Waals surface area contributed by atoms with E-state index in [-0.39, 0.29) is 5.91 Å². The zero-order chi connectivity index (χ0) is 14.8. The van der Waals surface area contributed by atoms with Gasteiger partial charge in [0.05, 0.1) is 0 Å². The molecule has 1 aromatic rings. The minimum Gasteiger partial charge on any atom is -0.352 e. The van der Waals surface area contributed by atoms with E-state index in [0.717, 1.165) is 39.0 Å². The van der Waals surface area contributed by atoms with E-state index >= 15 is 0 Å². The van der Waals surface area contributed by atoms with E-state index in [1.807, 2.05) is 24.3 Å². The van der Waals surface area contributed by atoms with Crippen LogP contribution in [0.15, 0.2) is 24.3 Å². The number of nitrogens with two attached hydrogens (primary N) is 1. The van der Waals surface area contributed by atoms with Gasteiger partial charge in [0.2, 0.25) is 0 Å². The summed E-state index contributed by atoms with van der Waals surface area (Å²) in [4.78, 5) is 14.3. The second kappa shape index (κ2) is 9.50. The first-order valence-electron chi connectivity index (χ1n) is 7.50. The fourth-order valence-corrected chi connectivity index (χ4v) is 2.14. The lowest BCUT2D eigenvalue weighted by Gasteiger charge is -2.17. The molecule has 0 saturated heterocycles. The second-order valence-electron chi connectivity index (χ2n) is 4.87. The van der Waals surface area contributed by atoms with Crippen LogP contribution < -0.4 is 11.1 Å².